The lowest BCUT2D eigenvalue weighted by Crippen LogP contribution is -2.41. The highest BCUT2D eigenvalue weighted by Crippen LogP contribution is 2.32. The van der Waals surface area contributed by atoms with E-state index in [1.807, 2.05) is 30.3 Å². The van der Waals surface area contributed by atoms with Crippen LogP contribution in [-0.2, 0) is 9.59 Å². The first-order chi connectivity index (χ1) is 13.8. The van der Waals surface area contributed by atoms with E-state index >= 15 is 0 Å². The van der Waals surface area contributed by atoms with E-state index in [1.165, 1.54) is 24.1 Å². The molecular formula is C21H20N2O5S. The molecule has 7 nitrogen and oxygen atoms in total. The molecule has 3 rings (SSSR count). The van der Waals surface area contributed by atoms with Crippen LogP contribution in [0.15, 0.2) is 59.5 Å². The molecule has 1 fully saturated rings. The highest BCUT2D eigenvalue weighted by atomic mass is 32.2. The molecule has 0 saturated carbocycles. The van der Waals surface area contributed by atoms with Crippen LogP contribution in [0.5, 0.6) is 5.75 Å². The number of carbonyl (C=O) groups is 3. The average molecular weight is 412 g/mol. The fourth-order valence-corrected chi connectivity index (χ4v) is 3.59. The van der Waals surface area contributed by atoms with Gasteiger partial charge in [-0.1, -0.05) is 42.5 Å². The molecule has 8 heteroatoms. The Morgan fingerprint density at radius 1 is 1.14 bits per heavy atom. The summed E-state index contributed by atoms with van der Waals surface area (Å²) >= 11 is 0.797. The number of amides is 3. The molecule has 0 radical (unpaired) electrons. The lowest BCUT2D eigenvalue weighted by Gasteiger charge is -2.23. The number of thioether (sulfide) groups is 1. The fourth-order valence-electron chi connectivity index (χ4n) is 2.76. The number of phenolic OH excluding ortho intramolecular Hbond substituents is 1. The number of hydrogen-bond donors (Lipinski definition) is 2. The number of rotatable bonds is 6. The molecule has 0 bridgehead atoms. The fraction of sp³-hybridized carbons (Fsp3) is 0.190. The third-order valence-electron chi connectivity index (χ3n) is 4.41. The summed E-state index contributed by atoms with van der Waals surface area (Å²) in [5.41, 5.74) is 1.33. The van der Waals surface area contributed by atoms with Crippen LogP contribution >= 0.6 is 11.8 Å². The summed E-state index contributed by atoms with van der Waals surface area (Å²) in [5.74, 6) is -0.899. The zero-order valence-electron chi connectivity index (χ0n) is 15.7. The quantitative estimate of drug-likeness (QED) is 0.708. The lowest BCUT2D eigenvalue weighted by molar-refractivity contribution is -0.135. The van der Waals surface area contributed by atoms with Crippen molar-refractivity contribution in [1.82, 2.24) is 9.80 Å². The molecule has 150 valence electrons. The van der Waals surface area contributed by atoms with Gasteiger partial charge in [0.25, 0.3) is 11.1 Å². The highest BCUT2D eigenvalue weighted by Gasteiger charge is 2.36. The van der Waals surface area contributed by atoms with Gasteiger partial charge in [-0.2, -0.15) is 0 Å². The monoisotopic (exact) mass is 412 g/mol. The van der Waals surface area contributed by atoms with Gasteiger partial charge in [0, 0.05) is 7.05 Å². The molecule has 0 spiro atoms. The molecule has 1 unspecified atom stereocenters. The van der Waals surface area contributed by atoms with Crippen LogP contribution in [0.3, 0.4) is 0 Å². The number of imide groups is 1. The van der Waals surface area contributed by atoms with Gasteiger partial charge in [0.05, 0.1) is 17.6 Å². The van der Waals surface area contributed by atoms with E-state index in [0.717, 1.165) is 22.2 Å². The summed E-state index contributed by atoms with van der Waals surface area (Å²) in [6, 6.07) is 15.1. The highest BCUT2D eigenvalue weighted by molar-refractivity contribution is 8.18. The van der Waals surface area contributed by atoms with Crippen LogP contribution in [0.25, 0.3) is 6.08 Å². The second-order valence-electron chi connectivity index (χ2n) is 6.56. The predicted molar refractivity (Wildman–Crippen MR) is 110 cm³/mol. The molecule has 2 aromatic carbocycles. The number of phenols is 1. The maximum Gasteiger partial charge on any atom is 0.294 e. The molecular weight excluding hydrogens is 392 g/mol. The number of aliphatic hydroxyl groups excluding tert-OH is 1. The Morgan fingerprint density at radius 2 is 1.79 bits per heavy atom. The van der Waals surface area contributed by atoms with Crippen molar-refractivity contribution in [3.8, 4) is 5.75 Å². The maximum atomic E-state index is 12.5. The zero-order chi connectivity index (χ0) is 21.0. The molecule has 3 amide bonds. The minimum Gasteiger partial charge on any atom is -0.508 e. The molecule has 1 atom stereocenters. The number of likely N-dealkylation sites (N-methyl/N-ethyl adjacent to an activating group) is 1. The van der Waals surface area contributed by atoms with Gasteiger partial charge >= 0.3 is 0 Å². The van der Waals surface area contributed by atoms with Gasteiger partial charge in [0.1, 0.15) is 12.3 Å². The summed E-state index contributed by atoms with van der Waals surface area (Å²) in [7, 11) is 1.49. The zero-order valence-corrected chi connectivity index (χ0v) is 16.5. The number of benzene rings is 2. The van der Waals surface area contributed by atoms with Gasteiger partial charge in [-0.15, -0.1) is 0 Å². The van der Waals surface area contributed by atoms with Crippen LogP contribution in [-0.4, -0.2) is 57.2 Å². The minimum atomic E-state index is -0.961. The van der Waals surface area contributed by atoms with E-state index in [9.17, 15) is 24.6 Å². The van der Waals surface area contributed by atoms with Crippen LogP contribution in [0, 0.1) is 0 Å². The van der Waals surface area contributed by atoms with Crippen molar-refractivity contribution in [1.29, 1.82) is 0 Å². The van der Waals surface area contributed by atoms with Gasteiger partial charge in [-0.05, 0) is 41.1 Å². The molecule has 2 N–H and O–H groups in total. The topological polar surface area (TPSA) is 98.2 Å². The number of hydrogen-bond acceptors (Lipinski definition) is 6. The van der Waals surface area contributed by atoms with E-state index in [1.54, 1.807) is 18.2 Å². The Kier molecular flexibility index (Phi) is 6.36. The van der Waals surface area contributed by atoms with Gasteiger partial charge in [0.15, 0.2) is 0 Å². The third-order valence-corrected chi connectivity index (χ3v) is 5.32. The van der Waals surface area contributed by atoms with Crippen molar-refractivity contribution in [2.75, 3.05) is 20.1 Å². The second kappa shape index (κ2) is 8.93. The SMILES string of the molecule is CN(CC(O)c1ccc(O)cc1)C(=O)CN1C(=O)SC(=Cc2ccccc2)C1=O. The summed E-state index contributed by atoms with van der Waals surface area (Å²) in [6.45, 7) is -0.407. The molecule has 1 aliphatic heterocycles. The molecule has 1 heterocycles. The lowest BCUT2D eigenvalue weighted by atomic mass is 10.1. The van der Waals surface area contributed by atoms with Gasteiger partial charge in [0.2, 0.25) is 5.91 Å². The first-order valence-electron chi connectivity index (χ1n) is 8.86. The molecule has 1 saturated heterocycles. The van der Waals surface area contributed by atoms with Crippen molar-refractivity contribution >= 4 is 34.9 Å². The summed E-state index contributed by atoms with van der Waals surface area (Å²) in [6.07, 6.45) is 0.658. The van der Waals surface area contributed by atoms with Gasteiger partial charge in [-0.3, -0.25) is 19.3 Å². The Bertz CT molecular complexity index is 943. The Labute approximate surface area is 172 Å². The smallest absolute Gasteiger partial charge is 0.294 e. The molecule has 0 aliphatic carbocycles. The molecule has 2 aromatic rings. The van der Waals surface area contributed by atoms with Crippen LogP contribution < -0.4 is 0 Å². The van der Waals surface area contributed by atoms with Crippen LogP contribution in [0.1, 0.15) is 17.2 Å². The summed E-state index contributed by atoms with van der Waals surface area (Å²) in [5, 5.41) is 19.1. The van der Waals surface area contributed by atoms with E-state index in [4.69, 9.17) is 0 Å². The van der Waals surface area contributed by atoms with E-state index in [0.29, 0.717) is 5.56 Å². The van der Waals surface area contributed by atoms with E-state index < -0.39 is 29.7 Å². The predicted octanol–water partition coefficient (Wildman–Crippen LogP) is 2.62. The van der Waals surface area contributed by atoms with Crippen molar-refractivity contribution < 1.29 is 24.6 Å². The van der Waals surface area contributed by atoms with E-state index in [2.05, 4.69) is 0 Å². The maximum absolute atomic E-state index is 12.5. The van der Waals surface area contributed by atoms with Gasteiger partial charge in [-0.25, -0.2) is 0 Å². The van der Waals surface area contributed by atoms with Crippen LogP contribution in [0.4, 0.5) is 4.79 Å². The average Bonchev–Trinajstić information content (AvgIpc) is 2.96. The van der Waals surface area contributed by atoms with Crippen molar-refractivity contribution in [3.05, 3.63) is 70.6 Å². The standard InChI is InChI=1S/C21H20N2O5S/c1-22(12-17(25)15-7-9-16(24)10-8-15)19(26)13-23-20(27)18(29-21(23)28)11-14-5-3-2-4-6-14/h2-11,17,24-25H,12-13H2,1H3. The number of aromatic hydroxyl groups is 1. The number of carbonyl (C=O) groups excluding carboxylic acids is 3. The molecule has 1 aliphatic rings. The Hall–Kier alpha value is -3.10. The third kappa shape index (κ3) is 5.04. The minimum absolute atomic E-state index is 0.0142. The second-order valence-corrected chi connectivity index (χ2v) is 7.55. The van der Waals surface area contributed by atoms with Gasteiger partial charge < -0.3 is 15.1 Å². The molecule has 29 heavy (non-hydrogen) atoms. The summed E-state index contributed by atoms with van der Waals surface area (Å²) < 4.78 is 0. The Morgan fingerprint density at radius 3 is 2.45 bits per heavy atom. The van der Waals surface area contributed by atoms with Crippen molar-refractivity contribution in [3.63, 3.8) is 0 Å². The van der Waals surface area contributed by atoms with Crippen LogP contribution in [0.2, 0.25) is 0 Å². The normalized spacial score (nSPS) is 16.3. The first-order valence-corrected chi connectivity index (χ1v) is 9.68. The summed E-state index contributed by atoms with van der Waals surface area (Å²) in [4.78, 5) is 39.6. The largest absolute Gasteiger partial charge is 0.508 e. The van der Waals surface area contributed by atoms with E-state index in [-0.39, 0.29) is 17.2 Å². The number of aliphatic hydroxyl groups is 1. The van der Waals surface area contributed by atoms with Crippen molar-refractivity contribution in [2.45, 2.75) is 6.10 Å². The Balaban J connectivity index is 1.62. The molecule has 0 aromatic heterocycles. The first kappa shape index (κ1) is 20.6. The number of nitrogens with zero attached hydrogens (tertiary/aromatic N) is 2. The van der Waals surface area contributed by atoms with Crippen molar-refractivity contribution in [2.24, 2.45) is 0 Å².